The second kappa shape index (κ2) is 8.02. The van der Waals surface area contributed by atoms with Crippen LogP contribution in [-0.4, -0.2) is 17.0 Å². The summed E-state index contributed by atoms with van der Waals surface area (Å²) in [6.07, 6.45) is 15.6. The monoisotopic (exact) mass is 474 g/mol. The van der Waals surface area contributed by atoms with Crippen LogP contribution in [0, 0.1) is 28.6 Å². The Hall–Kier alpha value is -0.250. The van der Waals surface area contributed by atoms with Crippen LogP contribution in [0.25, 0.3) is 0 Å². The standard InChI is InChI=1S/C26H35BrOS/c1-25-13-10-20(28)17-18(25)4-9-22-23(25)11-14-26(12-2-3-24(22)26)15-16-29-21-7-5-19(27)6-8-21/h4-8,20,22-24,28H,2-3,9-17H2,1H3/t20-,22+,23-,24-,25-,26-/m0/s1. The molecule has 0 unspecified atom stereocenters. The van der Waals surface area contributed by atoms with E-state index in [1.54, 1.807) is 5.57 Å². The molecule has 3 saturated carbocycles. The van der Waals surface area contributed by atoms with Crippen LogP contribution in [-0.2, 0) is 0 Å². The smallest absolute Gasteiger partial charge is 0.0577 e. The van der Waals surface area contributed by atoms with Gasteiger partial charge in [-0.25, -0.2) is 0 Å². The molecule has 3 fully saturated rings. The lowest BCUT2D eigenvalue weighted by molar-refractivity contribution is -0.0440. The van der Waals surface area contributed by atoms with Gasteiger partial charge >= 0.3 is 0 Å². The maximum atomic E-state index is 10.2. The lowest BCUT2D eigenvalue weighted by Crippen LogP contribution is -2.50. The molecule has 0 bridgehead atoms. The Morgan fingerprint density at radius 3 is 2.72 bits per heavy atom. The molecule has 0 amide bonds. The van der Waals surface area contributed by atoms with E-state index in [0.29, 0.717) is 10.8 Å². The highest BCUT2D eigenvalue weighted by molar-refractivity contribution is 9.10. The molecule has 158 valence electrons. The van der Waals surface area contributed by atoms with Crippen LogP contribution in [0.3, 0.4) is 0 Å². The molecule has 1 aromatic rings. The summed E-state index contributed by atoms with van der Waals surface area (Å²) in [5, 5.41) is 10.2. The number of aliphatic hydroxyl groups is 1. The Morgan fingerprint density at radius 1 is 1.07 bits per heavy atom. The largest absolute Gasteiger partial charge is 0.393 e. The first-order valence-corrected chi connectivity index (χ1v) is 13.5. The molecule has 1 nitrogen and oxygen atoms in total. The zero-order chi connectivity index (χ0) is 20.1. The maximum Gasteiger partial charge on any atom is 0.0577 e. The lowest BCUT2D eigenvalue weighted by atomic mass is 9.47. The van der Waals surface area contributed by atoms with Gasteiger partial charge in [0, 0.05) is 9.37 Å². The minimum Gasteiger partial charge on any atom is -0.393 e. The van der Waals surface area contributed by atoms with Gasteiger partial charge in [0.1, 0.15) is 0 Å². The molecule has 1 N–H and O–H groups in total. The van der Waals surface area contributed by atoms with Gasteiger partial charge in [0.15, 0.2) is 0 Å². The summed E-state index contributed by atoms with van der Waals surface area (Å²) in [6.45, 7) is 2.55. The molecule has 4 aliphatic carbocycles. The third kappa shape index (κ3) is 3.68. The van der Waals surface area contributed by atoms with Crippen molar-refractivity contribution in [3.8, 4) is 0 Å². The Labute approximate surface area is 189 Å². The average molecular weight is 476 g/mol. The van der Waals surface area contributed by atoms with Crippen LogP contribution in [0.2, 0.25) is 0 Å². The Bertz CT molecular complexity index is 773. The predicted molar refractivity (Wildman–Crippen MR) is 126 cm³/mol. The first kappa shape index (κ1) is 20.6. The number of halogens is 1. The van der Waals surface area contributed by atoms with Crippen molar-refractivity contribution < 1.29 is 5.11 Å². The summed E-state index contributed by atoms with van der Waals surface area (Å²) >= 11 is 5.60. The molecule has 1 aromatic carbocycles. The molecule has 0 spiro atoms. The van der Waals surface area contributed by atoms with Crippen LogP contribution in [0.5, 0.6) is 0 Å². The van der Waals surface area contributed by atoms with Gasteiger partial charge in [0.05, 0.1) is 6.10 Å². The van der Waals surface area contributed by atoms with Gasteiger partial charge in [-0.2, -0.15) is 0 Å². The highest BCUT2D eigenvalue weighted by Crippen LogP contribution is 2.66. The molecule has 6 atom stereocenters. The predicted octanol–water partition coefficient (Wildman–Crippen LogP) is 7.63. The number of thioether (sulfide) groups is 1. The van der Waals surface area contributed by atoms with Crippen LogP contribution >= 0.6 is 27.7 Å². The van der Waals surface area contributed by atoms with E-state index in [1.807, 2.05) is 0 Å². The highest BCUT2D eigenvalue weighted by Gasteiger charge is 2.56. The van der Waals surface area contributed by atoms with E-state index in [2.05, 4.69) is 65.0 Å². The van der Waals surface area contributed by atoms with Gasteiger partial charge in [-0.05, 0) is 116 Å². The van der Waals surface area contributed by atoms with Crippen LogP contribution in [0.4, 0.5) is 0 Å². The van der Waals surface area contributed by atoms with E-state index in [-0.39, 0.29) is 6.10 Å². The number of fused-ring (bicyclic) bond motifs is 5. The zero-order valence-corrected chi connectivity index (χ0v) is 20.1. The highest BCUT2D eigenvalue weighted by atomic mass is 79.9. The van der Waals surface area contributed by atoms with Crippen molar-refractivity contribution in [2.75, 3.05) is 5.75 Å². The normalized spacial score (nSPS) is 41.3. The molecular weight excluding hydrogens is 440 g/mol. The van der Waals surface area contributed by atoms with E-state index < -0.39 is 0 Å². The Balaban J connectivity index is 1.30. The number of hydrogen-bond donors (Lipinski definition) is 1. The van der Waals surface area contributed by atoms with Crippen LogP contribution < -0.4 is 0 Å². The second-order valence-electron chi connectivity index (χ2n) is 10.5. The summed E-state index contributed by atoms with van der Waals surface area (Å²) in [4.78, 5) is 1.41. The van der Waals surface area contributed by atoms with Gasteiger partial charge in [0.25, 0.3) is 0 Å². The first-order valence-electron chi connectivity index (χ1n) is 11.8. The molecule has 3 heteroatoms. The number of aliphatic hydroxyl groups excluding tert-OH is 1. The molecule has 0 radical (unpaired) electrons. The second-order valence-corrected chi connectivity index (χ2v) is 12.6. The Kier molecular flexibility index (Phi) is 5.71. The lowest BCUT2D eigenvalue weighted by Gasteiger charge is -2.58. The van der Waals surface area contributed by atoms with Gasteiger partial charge < -0.3 is 5.11 Å². The maximum absolute atomic E-state index is 10.2. The number of benzene rings is 1. The Morgan fingerprint density at radius 2 is 1.90 bits per heavy atom. The molecule has 29 heavy (non-hydrogen) atoms. The molecule has 4 aliphatic rings. The van der Waals surface area contributed by atoms with Crippen molar-refractivity contribution in [2.24, 2.45) is 28.6 Å². The molecule has 0 aliphatic heterocycles. The van der Waals surface area contributed by atoms with Crippen molar-refractivity contribution in [1.29, 1.82) is 0 Å². The topological polar surface area (TPSA) is 20.2 Å². The van der Waals surface area contributed by atoms with E-state index in [0.717, 1.165) is 30.6 Å². The van der Waals surface area contributed by atoms with Gasteiger partial charge in [-0.1, -0.05) is 40.9 Å². The van der Waals surface area contributed by atoms with Crippen molar-refractivity contribution in [1.82, 2.24) is 0 Å². The summed E-state index contributed by atoms with van der Waals surface area (Å²) in [6, 6.07) is 8.83. The summed E-state index contributed by atoms with van der Waals surface area (Å²) in [7, 11) is 0. The minimum atomic E-state index is -0.0873. The first-order chi connectivity index (χ1) is 14.0. The average Bonchev–Trinajstić information content (AvgIpc) is 3.14. The molecule has 5 rings (SSSR count). The molecule has 0 heterocycles. The van der Waals surface area contributed by atoms with Crippen molar-refractivity contribution in [3.63, 3.8) is 0 Å². The minimum absolute atomic E-state index is 0.0873. The molecule has 0 aromatic heterocycles. The summed E-state index contributed by atoms with van der Waals surface area (Å²) < 4.78 is 1.17. The van der Waals surface area contributed by atoms with Crippen molar-refractivity contribution in [3.05, 3.63) is 40.4 Å². The molecule has 0 saturated heterocycles. The van der Waals surface area contributed by atoms with E-state index in [9.17, 15) is 5.11 Å². The van der Waals surface area contributed by atoms with E-state index in [1.165, 1.54) is 66.5 Å². The van der Waals surface area contributed by atoms with E-state index in [4.69, 9.17) is 0 Å². The fraction of sp³-hybridized carbons (Fsp3) is 0.692. The fourth-order valence-corrected chi connectivity index (χ4v) is 9.11. The molecular formula is C26H35BrOS. The van der Waals surface area contributed by atoms with E-state index >= 15 is 0 Å². The number of hydrogen-bond acceptors (Lipinski definition) is 2. The quantitative estimate of drug-likeness (QED) is 0.357. The van der Waals surface area contributed by atoms with Gasteiger partial charge in [-0.3, -0.25) is 0 Å². The third-order valence-corrected chi connectivity index (χ3v) is 10.8. The zero-order valence-electron chi connectivity index (χ0n) is 17.7. The fourth-order valence-electron chi connectivity index (χ4n) is 7.77. The van der Waals surface area contributed by atoms with Crippen molar-refractivity contribution in [2.45, 2.75) is 82.1 Å². The van der Waals surface area contributed by atoms with Crippen LogP contribution in [0.15, 0.2) is 45.3 Å². The third-order valence-electron chi connectivity index (χ3n) is 9.29. The van der Waals surface area contributed by atoms with Gasteiger partial charge in [-0.15, -0.1) is 11.8 Å². The number of allylic oxidation sites excluding steroid dienone is 1. The summed E-state index contributed by atoms with van der Waals surface area (Å²) in [5.74, 6) is 3.96. The summed E-state index contributed by atoms with van der Waals surface area (Å²) in [5.41, 5.74) is 2.59. The number of rotatable bonds is 4. The van der Waals surface area contributed by atoms with Crippen LogP contribution in [0.1, 0.15) is 71.1 Å². The van der Waals surface area contributed by atoms with Crippen molar-refractivity contribution >= 4 is 27.7 Å². The van der Waals surface area contributed by atoms with Gasteiger partial charge in [0.2, 0.25) is 0 Å². The SMILES string of the molecule is C[C@]12CC[C@H](O)CC1=CC[C@H]1[C@@H]3CCC[C@@]3(CCSc3ccc(Br)cc3)CC[C@@H]12.